The lowest BCUT2D eigenvalue weighted by Crippen LogP contribution is -2.18. The highest BCUT2D eigenvalue weighted by Gasteiger charge is 2.19. The van der Waals surface area contributed by atoms with E-state index in [0.717, 1.165) is 0 Å². The van der Waals surface area contributed by atoms with E-state index in [1.54, 1.807) is 13.0 Å². The monoisotopic (exact) mass is 325 g/mol. The predicted molar refractivity (Wildman–Crippen MR) is 65.3 cm³/mol. The Morgan fingerprint density at radius 1 is 1.44 bits per heavy atom. The molecule has 1 aromatic carbocycles. The molecule has 16 heavy (non-hydrogen) atoms. The van der Waals surface area contributed by atoms with Crippen molar-refractivity contribution in [2.75, 3.05) is 7.05 Å². The average Bonchev–Trinajstić information content (AvgIpc) is 2.18. The quantitative estimate of drug-likeness (QED) is 0.846. The van der Waals surface area contributed by atoms with Crippen molar-refractivity contribution in [1.29, 1.82) is 0 Å². The summed E-state index contributed by atoms with van der Waals surface area (Å²) >= 11 is 3.13. The lowest BCUT2D eigenvalue weighted by atomic mass is 10.1. The molecule has 0 aliphatic rings. The van der Waals surface area contributed by atoms with Crippen LogP contribution in [0.5, 0.6) is 0 Å². The number of rotatable bonds is 2. The first-order valence-electron chi connectivity index (χ1n) is 4.24. The molecule has 0 spiro atoms. The summed E-state index contributed by atoms with van der Waals surface area (Å²) in [7, 11) is 2.86. The Morgan fingerprint density at radius 3 is 2.44 bits per heavy atom. The molecule has 7 heteroatoms. The smallest absolute Gasteiger partial charge is 0.262 e. The Kier molecular flexibility index (Phi) is 3.98. The van der Waals surface area contributed by atoms with Crippen molar-refractivity contribution in [2.24, 2.45) is 0 Å². The number of amides is 1. The molecule has 0 heterocycles. The highest BCUT2D eigenvalue weighted by molar-refractivity contribution is 9.10. The van der Waals surface area contributed by atoms with E-state index in [1.165, 1.54) is 13.1 Å². The van der Waals surface area contributed by atoms with Crippen molar-refractivity contribution in [3.8, 4) is 0 Å². The van der Waals surface area contributed by atoms with Gasteiger partial charge in [0.25, 0.3) is 15.0 Å². The third-order valence-electron chi connectivity index (χ3n) is 1.97. The highest BCUT2D eigenvalue weighted by atomic mass is 79.9. The van der Waals surface area contributed by atoms with Gasteiger partial charge in [-0.05, 0) is 40.5 Å². The molecule has 0 aromatic heterocycles. The summed E-state index contributed by atoms with van der Waals surface area (Å²) in [5, 5.41) is 2.41. The molecular weight excluding hydrogens is 318 g/mol. The van der Waals surface area contributed by atoms with E-state index in [0.29, 0.717) is 10.0 Å². The molecule has 0 aliphatic heterocycles. The van der Waals surface area contributed by atoms with Gasteiger partial charge in [0, 0.05) is 27.8 Å². The summed E-state index contributed by atoms with van der Waals surface area (Å²) in [6.07, 6.45) is 0. The number of hydrogen-bond acceptors (Lipinski definition) is 3. The van der Waals surface area contributed by atoms with Gasteiger partial charge >= 0.3 is 0 Å². The van der Waals surface area contributed by atoms with E-state index in [1.807, 2.05) is 0 Å². The number of carbonyl (C=O) groups is 1. The molecule has 0 radical (unpaired) electrons. The van der Waals surface area contributed by atoms with Crippen LogP contribution in [0.15, 0.2) is 21.5 Å². The Morgan fingerprint density at radius 2 is 2.00 bits per heavy atom. The maximum absolute atomic E-state index is 11.4. The van der Waals surface area contributed by atoms with E-state index in [2.05, 4.69) is 21.2 Å². The van der Waals surface area contributed by atoms with Crippen LogP contribution in [-0.2, 0) is 9.05 Å². The first-order valence-corrected chi connectivity index (χ1v) is 7.34. The minimum absolute atomic E-state index is 0.104. The van der Waals surface area contributed by atoms with Gasteiger partial charge in [-0.1, -0.05) is 0 Å². The Labute approximate surface area is 107 Å². The Bertz CT molecular complexity index is 542. The molecule has 0 bridgehead atoms. The van der Waals surface area contributed by atoms with Crippen LogP contribution in [0.2, 0.25) is 0 Å². The number of halogens is 2. The zero-order chi connectivity index (χ0) is 12.5. The van der Waals surface area contributed by atoms with Gasteiger partial charge in [-0.3, -0.25) is 4.79 Å². The molecule has 0 aliphatic carbocycles. The standard InChI is InChI=1S/C9H9BrClNO3S/c1-5-3-6(9(13)12-2)4-7(8(5)10)16(11,14)15/h3-4H,1-2H3,(H,12,13). The first kappa shape index (κ1) is 13.5. The average molecular weight is 327 g/mol. The third kappa shape index (κ3) is 2.75. The van der Waals surface area contributed by atoms with Gasteiger partial charge in [-0.2, -0.15) is 0 Å². The van der Waals surface area contributed by atoms with Crippen LogP contribution < -0.4 is 5.32 Å². The summed E-state index contributed by atoms with van der Waals surface area (Å²) in [5.41, 5.74) is 0.878. The van der Waals surface area contributed by atoms with E-state index < -0.39 is 9.05 Å². The van der Waals surface area contributed by atoms with E-state index >= 15 is 0 Å². The van der Waals surface area contributed by atoms with E-state index in [-0.39, 0.29) is 16.4 Å². The first-order chi connectivity index (χ1) is 7.27. The minimum atomic E-state index is -3.87. The topological polar surface area (TPSA) is 63.2 Å². The lowest BCUT2D eigenvalue weighted by Gasteiger charge is -2.07. The van der Waals surface area contributed by atoms with Gasteiger partial charge < -0.3 is 5.32 Å². The molecular formula is C9H9BrClNO3S. The second kappa shape index (κ2) is 4.73. The SMILES string of the molecule is CNC(=O)c1cc(C)c(Br)c(S(=O)(=O)Cl)c1. The molecule has 1 amide bonds. The maximum atomic E-state index is 11.4. The van der Waals surface area contributed by atoms with Gasteiger partial charge in [-0.15, -0.1) is 0 Å². The fourth-order valence-electron chi connectivity index (χ4n) is 1.19. The van der Waals surface area contributed by atoms with Crippen LogP contribution in [0.1, 0.15) is 15.9 Å². The molecule has 4 nitrogen and oxygen atoms in total. The minimum Gasteiger partial charge on any atom is -0.355 e. The Hall–Kier alpha value is -0.590. The van der Waals surface area contributed by atoms with Crippen molar-refractivity contribution in [3.63, 3.8) is 0 Å². The van der Waals surface area contributed by atoms with Crippen LogP contribution in [-0.4, -0.2) is 21.4 Å². The highest BCUT2D eigenvalue weighted by Crippen LogP contribution is 2.29. The van der Waals surface area contributed by atoms with Gasteiger partial charge in [0.2, 0.25) is 0 Å². The molecule has 88 valence electrons. The number of carbonyl (C=O) groups excluding carboxylic acids is 1. The van der Waals surface area contributed by atoms with Crippen molar-refractivity contribution >= 4 is 41.6 Å². The molecule has 0 fully saturated rings. The summed E-state index contributed by atoms with van der Waals surface area (Å²) in [6.45, 7) is 1.68. The number of nitrogens with one attached hydrogen (secondary N) is 1. The van der Waals surface area contributed by atoms with Crippen molar-refractivity contribution in [1.82, 2.24) is 5.32 Å². The van der Waals surface area contributed by atoms with Gasteiger partial charge in [0.15, 0.2) is 0 Å². The van der Waals surface area contributed by atoms with Gasteiger partial charge in [0.1, 0.15) is 0 Å². The fraction of sp³-hybridized carbons (Fsp3) is 0.222. The van der Waals surface area contributed by atoms with Crippen LogP contribution in [0.3, 0.4) is 0 Å². The molecule has 1 N–H and O–H groups in total. The van der Waals surface area contributed by atoms with Crippen LogP contribution >= 0.6 is 26.6 Å². The second-order valence-corrected chi connectivity index (χ2v) is 6.45. The molecule has 0 unspecified atom stereocenters. The summed E-state index contributed by atoms with van der Waals surface area (Å²) in [5.74, 6) is -0.364. The van der Waals surface area contributed by atoms with Crippen molar-refractivity contribution in [3.05, 3.63) is 27.7 Å². The lowest BCUT2D eigenvalue weighted by molar-refractivity contribution is 0.0963. The molecule has 0 atom stereocenters. The Balaban J connectivity index is 3.52. The molecule has 0 saturated carbocycles. The normalized spacial score (nSPS) is 11.2. The fourth-order valence-corrected chi connectivity index (χ4v) is 3.35. The largest absolute Gasteiger partial charge is 0.355 e. The van der Waals surface area contributed by atoms with Crippen LogP contribution in [0.4, 0.5) is 0 Å². The van der Waals surface area contributed by atoms with Crippen LogP contribution in [0, 0.1) is 6.92 Å². The zero-order valence-corrected chi connectivity index (χ0v) is 11.7. The molecule has 1 aromatic rings. The summed E-state index contributed by atoms with van der Waals surface area (Å²) in [6, 6.07) is 2.81. The van der Waals surface area contributed by atoms with E-state index in [4.69, 9.17) is 10.7 Å². The number of hydrogen-bond donors (Lipinski definition) is 1. The van der Waals surface area contributed by atoms with E-state index in [9.17, 15) is 13.2 Å². The van der Waals surface area contributed by atoms with Gasteiger partial charge in [-0.25, -0.2) is 8.42 Å². The van der Waals surface area contributed by atoms with Gasteiger partial charge in [0.05, 0.1) is 4.90 Å². The predicted octanol–water partition coefficient (Wildman–Crippen LogP) is 2.04. The third-order valence-corrected chi connectivity index (χ3v) is 4.63. The maximum Gasteiger partial charge on any atom is 0.262 e. The summed E-state index contributed by atoms with van der Waals surface area (Å²) < 4.78 is 22.9. The molecule has 0 saturated heterocycles. The molecule has 1 rings (SSSR count). The zero-order valence-electron chi connectivity index (χ0n) is 8.54. The van der Waals surface area contributed by atoms with Crippen LogP contribution in [0.25, 0.3) is 0 Å². The number of benzene rings is 1. The van der Waals surface area contributed by atoms with Crippen molar-refractivity contribution < 1.29 is 13.2 Å². The summed E-state index contributed by atoms with van der Waals surface area (Å²) in [4.78, 5) is 11.3. The van der Waals surface area contributed by atoms with Crippen molar-refractivity contribution in [2.45, 2.75) is 11.8 Å². The number of aryl methyl sites for hydroxylation is 1. The second-order valence-electron chi connectivity index (χ2n) is 3.12.